The number of ether oxygens (including phenoxy) is 1. The summed E-state index contributed by atoms with van der Waals surface area (Å²) in [6.07, 6.45) is -0.420. The lowest BCUT2D eigenvalue weighted by Gasteiger charge is -2.47. The van der Waals surface area contributed by atoms with Gasteiger partial charge in [0, 0.05) is 5.56 Å². The highest BCUT2D eigenvalue weighted by Gasteiger charge is 2.53. The number of hydrogen-bond donors (Lipinski definition) is 1. The highest BCUT2D eigenvalue weighted by atomic mass is 28.4. The van der Waals surface area contributed by atoms with E-state index >= 15 is 0 Å². The van der Waals surface area contributed by atoms with E-state index in [4.69, 9.17) is 9.16 Å². The molecule has 0 saturated heterocycles. The van der Waals surface area contributed by atoms with Crippen molar-refractivity contribution >= 4 is 24.6 Å². The number of methoxy groups -OCH3 is 1. The van der Waals surface area contributed by atoms with Gasteiger partial charge in [-0.25, -0.2) is 0 Å². The normalized spacial score (nSPS) is 17.6. The van der Waals surface area contributed by atoms with Gasteiger partial charge in [-0.2, -0.15) is 0 Å². The third-order valence-corrected chi connectivity index (χ3v) is 12.3. The van der Waals surface area contributed by atoms with Gasteiger partial charge in [0.15, 0.2) is 0 Å². The van der Waals surface area contributed by atoms with Crippen LogP contribution in [0.2, 0.25) is 5.04 Å². The number of benzene rings is 4. The molecule has 0 aliphatic carbocycles. The van der Waals surface area contributed by atoms with E-state index in [9.17, 15) is 4.79 Å². The molecule has 37 heavy (non-hydrogen) atoms. The third kappa shape index (κ3) is 4.50. The first-order valence-corrected chi connectivity index (χ1v) is 14.6. The summed E-state index contributed by atoms with van der Waals surface area (Å²) in [7, 11) is -1.27. The predicted octanol–water partition coefficient (Wildman–Crippen LogP) is 5.80. The van der Waals surface area contributed by atoms with Crippen molar-refractivity contribution in [2.75, 3.05) is 7.11 Å². The molecule has 5 rings (SSSR count). The van der Waals surface area contributed by atoms with Crippen LogP contribution in [0.4, 0.5) is 0 Å². The number of carbonyl (C=O) groups is 1. The molecular formula is C32H33NO3Si. The van der Waals surface area contributed by atoms with Gasteiger partial charge in [0.2, 0.25) is 0 Å². The lowest BCUT2D eigenvalue weighted by molar-refractivity contribution is 0.0796. The zero-order chi connectivity index (χ0) is 26.0. The maximum Gasteiger partial charge on any atom is 0.262 e. The minimum absolute atomic E-state index is 0.103. The summed E-state index contributed by atoms with van der Waals surface area (Å²) < 4.78 is 13.2. The zero-order valence-electron chi connectivity index (χ0n) is 21.8. The molecule has 0 aromatic heterocycles. The summed E-state index contributed by atoms with van der Waals surface area (Å²) >= 11 is 0. The van der Waals surface area contributed by atoms with Crippen molar-refractivity contribution in [2.45, 2.75) is 38.0 Å². The van der Waals surface area contributed by atoms with E-state index in [1.54, 1.807) is 7.11 Å². The molecular weight excluding hydrogens is 474 g/mol. The summed E-state index contributed by atoms with van der Waals surface area (Å²) in [4.78, 5) is 13.3. The summed E-state index contributed by atoms with van der Waals surface area (Å²) in [5.74, 6) is 0.602. The molecule has 188 valence electrons. The Morgan fingerprint density at radius 1 is 0.757 bits per heavy atom. The molecule has 2 atom stereocenters. The second-order valence-electron chi connectivity index (χ2n) is 10.5. The molecule has 1 aliphatic rings. The fourth-order valence-electron chi connectivity index (χ4n) is 5.52. The van der Waals surface area contributed by atoms with Crippen LogP contribution in [-0.2, 0) is 4.43 Å². The Hall–Kier alpha value is -3.67. The van der Waals surface area contributed by atoms with Crippen LogP contribution in [0, 0.1) is 0 Å². The minimum atomic E-state index is -2.92. The van der Waals surface area contributed by atoms with Gasteiger partial charge in [-0.15, -0.1) is 0 Å². The van der Waals surface area contributed by atoms with Gasteiger partial charge in [-0.3, -0.25) is 4.79 Å². The molecule has 1 heterocycles. The van der Waals surface area contributed by atoms with Crippen LogP contribution in [0.15, 0.2) is 109 Å². The van der Waals surface area contributed by atoms with Crippen LogP contribution in [0.3, 0.4) is 0 Å². The second-order valence-corrected chi connectivity index (χ2v) is 14.8. The van der Waals surface area contributed by atoms with Crippen molar-refractivity contribution in [1.29, 1.82) is 0 Å². The molecule has 1 N–H and O–H groups in total. The SMILES string of the molecule is COc1ccc2c(c1)[C@@H](O[Si](c1ccccc1)(c1ccccc1)C(C)(C)C)[C@H](c1ccccc1)NC2=O. The number of carbonyl (C=O) groups excluding carboxylic acids is 1. The van der Waals surface area contributed by atoms with E-state index in [1.165, 1.54) is 10.4 Å². The topological polar surface area (TPSA) is 47.6 Å². The van der Waals surface area contributed by atoms with Crippen LogP contribution >= 0.6 is 0 Å². The molecule has 0 saturated carbocycles. The van der Waals surface area contributed by atoms with E-state index < -0.39 is 14.4 Å². The molecule has 1 aliphatic heterocycles. The van der Waals surface area contributed by atoms with E-state index in [-0.39, 0.29) is 17.0 Å². The molecule has 0 unspecified atom stereocenters. The largest absolute Gasteiger partial charge is 0.497 e. The summed E-state index contributed by atoms with van der Waals surface area (Å²) in [6, 6.07) is 36.6. The number of fused-ring (bicyclic) bond motifs is 1. The van der Waals surface area contributed by atoms with Crippen molar-refractivity contribution < 1.29 is 14.0 Å². The van der Waals surface area contributed by atoms with Gasteiger partial charge in [0.1, 0.15) is 5.75 Å². The van der Waals surface area contributed by atoms with Crippen LogP contribution in [-0.4, -0.2) is 21.3 Å². The Morgan fingerprint density at radius 3 is 1.81 bits per heavy atom. The standard InChI is InChI=1S/C32H33NO3Si/c1-32(2,3)37(25-16-10-6-11-17-25,26-18-12-7-13-19-26)36-30-28-22-24(35-4)20-21-27(28)31(34)33-29(30)23-14-8-5-9-15-23/h5-22,29-30H,1-4H3,(H,33,34)/t29-,30+/m0/s1. The maximum absolute atomic E-state index is 13.3. The Labute approximate surface area is 220 Å². The van der Waals surface area contributed by atoms with Crippen molar-refractivity contribution in [3.8, 4) is 5.75 Å². The van der Waals surface area contributed by atoms with Crippen molar-refractivity contribution in [2.24, 2.45) is 0 Å². The first kappa shape index (κ1) is 25.0. The average Bonchev–Trinajstić information content (AvgIpc) is 2.93. The van der Waals surface area contributed by atoms with E-state index in [0.29, 0.717) is 11.3 Å². The van der Waals surface area contributed by atoms with Crippen LogP contribution in [0.25, 0.3) is 0 Å². The fraction of sp³-hybridized carbons (Fsp3) is 0.219. The van der Waals surface area contributed by atoms with E-state index in [0.717, 1.165) is 11.1 Å². The molecule has 4 aromatic carbocycles. The van der Waals surface area contributed by atoms with Gasteiger partial charge in [-0.05, 0) is 44.7 Å². The highest BCUT2D eigenvalue weighted by molar-refractivity contribution is 6.99. The summed E-state index contributed by atoms with van der Waals surface area (Å²) in [6.45, 7) is 6.81. The Kier molecular flexibility index (Phi) is 6.76. The minimum Gasteiger partial charge on any atom is -0.497 e. The van der Waals surface area contributed by atoms with E-state index in [2.05, 4.69) is 86.8 Å². The molecule has 0 fully saturated rings. The third-order valence-electron chi connectivity index (χ3n) is 7.28. The van der Waals surface area contributed by atoms with Crippen molar-refractivity contribution in [3.63, 3.8) is 0 Å². The lowest BCUT2D eigenvalue weighted by Crippen LogP contribution is -2.67. The molecule has 0 spiro atoms. The number of nitrogens with one attached hydrogen (secondary N) is 1. The van der Waals surface area contributed by atoms with Gasteiger partial charge >= 0.3 is 0 Å². The molecule has 1 amide bonds. The monoisotopic (exact) mass is 507 g/mol. The number of hydrogen-bond acceptors (Lipinski definition) is 3. The smallest absolute Gasteiger partial charge is 0.262 e. The van der Waals surface area contributed by atoms with Crippen LogP contribution in [0.5, 0.6) is 5.75 Å². The molecule has 5 heteroatoms. The molecule has 4 nitrogen and oxygen atoms in total. The van der Waals surface area contributed by atoms with Crippen LogP contribution < -0.4 is 20.4 Å². The van der Waals surface area contributed by atoms with Gasteiger partial charge in [0.05, 0.1) is 19.3 Å². The first-order chi connectivity index (χ1) is 17.8. The average molecular weight is 508 g/mol. The molecule has 0 radical (unpaired) electrons. The molecule has 4 aromatic rings. The lowest BCUT2D eigenvalue weighted by atomic mass is 9.88. The quantitative estimate of drug-likeness (QED) is 0.336. The number of amides is 1. The van der Waals surface area contributed by atoms with Crippen LogP contribution in [0.1, 0.15) is 54.4 Å². The maximum atomic E-state index is 13.3. The van der Waals surface area contributed by atoms with Gasteiger partial charge in [0.25, 0.3) is 14.2 Å². The second kappa shape index (κ2) is 10.00. The number of rotatable bonds is 6. The summed E-state index contributed by atoms with van der Waals surface area (Å²) in [5, 5.41) is 5.45. The van der Waals surface area contributed by atoms with E-state index in [1.807, 2.05) is 48.5 Å². The fourth-order valence-corrected chi connectivity index (χ4v) is 10.2. The predicted molar refractivity (Wildman–Crippen MR) is 151 cm³/mol. The van der Waals surface area contributed by atoms with Gasteiger partial charge in [-0.1, -0.05) is 112 Å². The molecule has 0 bridgehead atoms. The van der Waals surface area contributed by atoms with Crippen molar-refractivity contribution in [3.05, 3.63) is 126 Å². The van der Waals surface area contributed by atoms with Gasteiger partial charge < -0.3 is 14.5 Å². The highest BCUT2D eigenvalue weighted by Crippen LogP contribution is 2.46. The van der Waals surface area contributed by atoms with Crippen molar-refractivity contribution in [1.82, 2.24) is 5.32 Å². The zero-order valence-corrected chi connectivity index (χ0v) is 22.8. The Bertz CT molecular complexity index is 1330. The Balaban J connectivity index is 1.78. The summed E-state index contributed by atoms with van der Waals surface area (Å²) in [5.41, 5.74) is 2.48. The first-order valence-electron chi connectivity index (χ1n) is 12.7. The Morgan fingerprint density at radius 2 is 1.30 bits per heavy atom.